The Kier molecular flexibility index (Phi) is 4.73. The number of carboxylic acid groups (broad SMARTS) is 1. The highest BCUT2D eigenvalue weighted by molar-refractivity contribution is 6.31. The molecule has 0 aliphatic carbocycles. The molecule has 1 N–H and O–H groups in total. The molecule has 1 atom stereocenters. The monoisotopic (exact) mass is 393 g/mol. The van der Waals surface area contributed by atoms with Gasteiger partial charge >= 0.3 is 5.97 Å². The number of aliphatic carboxylic acids is 1. The minimum absolute atomic E-state index is 0.573. The van der Waals surface area contributed by atoms with Crippen LogP contribution in [0.4, 0.5) is 0 Å². The van der Waals surface area contributed by atoms with Crippen LogP contribution in [0.5, 0.6) is 5.75 Å². The fraction of sp³-hybridized carbons (Fsp3) is 0.174. The Morgan fingerprint density at radius 2 is 1.89 bits per heavy atom. The van der Waals surface area contributed by atoms with Crippen LogP contribution in [-0.2, 0) is 11.3 Å². The van der Waals surface area contributed by atoms with Crippen molar-refractivity contribution in [1.29, 1.82) is 0 Å². The first kappa shape index (κ1) is 18.4. The number of carboxylic acids is 1. The summed E-state index contributed by atoms with van der Waals surface area (Å²) in [4.78, 5) is 11.5. The van der Waals surface area contributed by atoms with Gasteiger partial charge in [-0.15, -0.1) is 0 Å². The molecule has 4 aromatic rings. The van der Waals surface area contributed by atoms with Crippen LogP contribution in [0.2, 0.25) is 5.02 Å². The lowest BCUT2D eigenvalue weighted by molar-refractivity contribution is -0.138. The van der Waals surface area contributed by atoms with E-state index in [9.17, 15) is 9.90 Å². The maximum Gasteiger partial charge on any atom is 0.310 e. The van der Waals surface area contributed by atoms with Crippen molar-refractivity contribution in [3.63, 3.8) is 0 Å². The molecule has 0 aliphatic heterocycles. The molecular weight excluding hydrogens is 374 g/mol. The van der Waals surface area contributed by atoms with E-state index in [0.29, 0.717) is 11.6 Å². The van der Waals surface area contributed by atoms with Crippen LogP contribution in [0.25, 0.3) is 21.8 Å². The van der Waals surface area contributed by atoms with Crippen molar-refractivity contribution >= 4 is 39.4 Å². The van der Waals surface area contributed by atoms with E-state index in [1.165, 1.54) is 0 Å². The van der Waals surface area contributed by atoms with Gasteiger partial charge in [0.25, 0.3) is 0 Å². The molecule has 0 amide bonds. The Morgan fingerprint density at radius 1 is 1.07 bits per heavy atom. The summed E-state index contributed by atoms with van der Waals surface area (Å²) in [5.74, 6) is -0.601. The predicted octanol–water partition coefficient (Wildman–Crippen LogP) is 5.69. The minimum atomic E-state index is -0.835. The average Bonchev–Trinajstić information content (AvgIpc) is 2.99. The topological polar surface area (TPSA) is 51.5 Å². The smallest absolute Gasteiger partial charge is 0.310 e. The van der Waals surface area contributed by atoms with E-state index >= 15 is 0 Å². The molecule has 4 rings (SSSR count). The summed E-state index contributed by atoms with van der Waals surface area (Å²) in [5, 5.41) is 12.2. The molecule has 0 saturated carbocycles. The van der Waals surface area contributed by atoms with Gasteiger partial charge in [-0.05, 0) is 54.4 Å². The lowest BCUT2D eigenvalue weighted by atomic mass is 10.00. The summed E-state index contributed by atoms with van der Waals surface area (Å²) in [5.41, 5.74) is 3.93. The van der Waals surface area contributed by atoms with Gasteiger partial charge in [0, 0.05) is 33.4 Å². The van der Waals surface area contributed by atoms with Crippen LogP contribution in [-0.4, -0.2) is 22.8 Å². The molecule has 0 aliphatic rings. The zero-order chi connectivity index (χ0) is 19.8. The number of nitrogens with zero attached hydrogens (tertiary/aromatic N) is 1. The van der Waals surface area contributed by atoms with E-state index in [0.717, 1.165) is 38.7 Å². The standard InChI is InChI=1S/C23H20ClNO3/c1-14(23(26)27)16-6-8-19-20-12-17(24)7-9-21(20)25(22(19)11-16)13-15-4-3-5-18(10-15)28-2/h3-12,14H,13H2,1-2H3,(H,26,27). The van der Waals surface area contributed by atoms with Crippen LogP contribution < -0.4 is 4.74 Å². The molecule has 1 unspecified atom stereocenters. The quantitative estimate of drug-likeness (QED) is 0.473. The number of hydrogen-bond acceptors (Lipinski definition) is 2. The normalized spacial score (nSPS) is 12.4. The van der Waals surface area contributed by atoms with E-state index in [1.54, 1.807) is 14.0 Å². The number of ether oxygens (including phenoxy) is 1. The van der Waals surface area contributed by atoms with Crippen LogP contribution in [0.1, 0.15) is 24.0 Å². The van der Waals surface area contributed by atoms with Gasteiger partial charge in [0.05, 0.1) is 13.0 Å². The minimum Gasteiger partial charge on any atom is -0.497 e. The Bertz CT molecular complexity index is 1200. The molecule has 0 radical (unpaired) electrons. The highest BCUT2D eigenvalue weighted by atomic mass is 35.5. The van der Waals surface area contributed by atoms with Crippen LogP contribution in [0.3, 0.4) is 0 Å². The Hall–Kier alpha value is -2.98. The van der Waals surface area contributed by atoms with Gasteiger partial charge in [-0.1, -0.05) is 35.9 Å². The summed E-state index contributed by atoms with van der Waals surface area (Å²) < 4.78 is 7.55. The van der Waals surface area contributed by atoms with Crippen LogP contribution in [0.15, 0.2) is 60.7 Å². The number of benzene rings is 3. The fourth-order valence-electron chi connectivity index (χ4n) is 3.62. The molecule has 0 spiro atoms. The predicted molar refractivity (Wildman–Crippen MR) is 113 cm³/mol. The second-order valence-corrected chi connectivity index (χ2v) is 7.37. The summed E-state index contributed by atoms with van der Waals surface area (Å²) in [7, 11) is 1.65. The van der Waals surface area contributed by atoms with E-state index < -0.39 is 11.9 Å². The zero-order valence-corrected chi connectivity index (χ0v) is 16.4. The molecule has 1 heterocycles. The second kappa shape index (κ2) is 7.21. The molecule has 142 valence electrons. The summed E-state index contributed by atoms with van der Waals surface area (Å²) in [6, 6.07) is 19.7. The molecular formula is C23H20ClNO3. The first-order valence-electron chi connectivity index (χ1n) is 9.05. The third kappa shape index (κ3) is 3.20. The van der Waals surface area contributed by atoms with Crippen molar-refractivity contribution in [3.8, 4) is 5.75 Å². The van der Waals surface area contributed by atoms with Crippen LogP contribution in [0, 0.1) is 0 Å². The first-order valence-corrected chi connectivity index (χ1v) is 9.43. The average molecular weight is 394 g/mol. The van der Waals surface area contributed by atoms with Gasteiger partial charge in [-0.3, -0.25) is 4.79 Å². The van der Waals surface area contributed by atoms with Gasteiger partial charge in [-0.25, -0.2) is 0 Å². The highest BCUT2D eigenvalue weighted by Gasteiger charge is 2.17. The van der Waals surface area contributed by atoms with E-state index in [4.69, 9.17) is 16.3 Å². The van der Waals surface area contributed by atoms with Crippen molar-refractivity contribution in [2.75, 3.05) is 7.11 Å². The number of carbonyl (C=O) groups is 1. The fourth-order valence-corrected chi connectivity index (χ4v) is 3.80. The van der Waals surface area contributed by atoms with Gasteiger partial charge in [0.1, 0.15) is 5.75 Å². The molecule has 1 aromatic heterocycles. The third-order valence-electron chi connectivity index (χ3n) is 5.20. The number of methoxy groups -OCH3 is 1. The van der Waals surface area contributed by atoms with Gasteiger partial charge in [-0.2, -0.15) is 0 Å². The third-order valence-corrected chi connectivity index (χ3v) is 5.43. The van der Waals surface area contributed by atoms with Gasteiger partial charge < -0.3 is 14.4 Å². The van der Waals surface area contributed by atoms with Crippen molar-refractivity contribution in [2.24, 2.45) is 0 Å². The molecule has 4 nitrogen and oxygen atoms in total. The SMILES string of the molecule is COc1cccc(Cn2c3ccc(Cl)cc3c3ccc(C(C)C(=O)O)cc32)c1. The maximum atomic E-state index is 11.5. The summed E-state index contributed by atoms with van der Waals surface area (Å²) in [6.45, 7) is 2.35. The van der Waals surface area contributed by atoms with Crippen molar-refractivity contribution in [3.05, 3.63) is 76.8 Å². The lowest BCUT2D eigenvalue weighted by Gasteiger charge is -2.11. The summed E-state index contributed by atoms with van der Waals surface area (Å²) >= 11 is 6.25. The molecule has 0 bridgehead atoms. The molecule has 5 heteroatoms. The Labute approximate surface area is 167 Å². The zero-order valence-electron chi connectivity index (χ0n) is 15.6. The first-order chi connectivity index (χ1) is 13.5. The molecule has 3 aromatic carbocycles. The largest absolute Gasteiger partial charge is 0.497 e. The van der Waals surface area contributed by atoms with Crippen LogP contribution >= 0.6 is 11.6 Å². The number of halogens is 1. The summed E-state index contributed by atoms with van der Waals surface area (Å²) in [6.07, 6.45) is 0. The van der Waals surface area contributed by atoms with Gasteiger partial charge in [0.15, 0.2) is 0 Å². The van der Waals surface area contributed by atoms with Crippen molar-refractivity contribution < 1.29 is 14.6 Å². The Balaban J connectivity index is 1.94. The van der Waals surface area contributed by atoms with Crippen molar-refractivity contribution in [2.45, 2.75) is 19.4 Å². The number of hydrogen-bond donors (Lipinski definition) is 1. The maximum absolute atomic E-state index is 11.5. The van der Waals surface area contributed by atoms with E-state index in [-0.39, 0.29) is 0 Å². The van der Waals surface area contributed by atoms with Crippen molar-refractivity contribution in [1.82, 2.24) is 4.57 Å². The number of fused-ring (bicyclic) bond motifs is 3. The van der Waals surface area contributed by atoms with E-state index in [2.05, 4.69) is 10.6 Å². The van der Waals surface area contributed by atoms with E-state index in [1.807, 2.05) is 54.6 Å². The number of aromatic nitrogens is 1. The highest BCUT2D eigenvalue weighted by Crippen LogP contribution is 2.34. The van der Waals surface area contributed by atoms with Gasteiger partial charge in [0.2, 0.25) is 0 Å². The second-order valence-electron chi connectivity index (χ2n) is 6.94. The molecule has 28 heavy (non-hydrogen) atoms. The molecule has 0 saturated heterocycles. The molecule has 0 fully saturated rings. The number of rotatable bonds is 5. The Morgan fingerprint density at radius 3 is 2.64 bits per heavy atom. The lowest BCUT2D eigenvalue weighted by Crippen LogP contribution is -2.07.